The molecule has 2 rings (SSSR count). The first-order valence-electron chi connectivity index (χ1n) is 7.01. The molecule has 1 aromatic heterocycles. The normalized spacial score (nSPS) is 9.57. The number of nitrogens with zero attached hydrogens (tertiary/aromatic N) is 2. The predicted octanol–water partition coefficient (Wildman–Crippen LogP) is 3.39. The molecule has 0 aliphatic rings. The third kappa shape index (κ3) is 3.84. The van der Waals surface area contributed by atoms with E-state index < -0.39 is 0 Å². The topological polar surface area (TPSA) is 53.3 Å². The first kappa shape index (κ1) is 16.8. The number of benzene rings is 1. The summed E-state index contributed by atoms with van der Waals surface area (Å²) in [6.07, 6.45) is 3.09. The second kappa shape index (κ2) is 8.09. The number of carbonyl (C=O) groups is 1. The summed E-state index contributed by atoms with van der Waals surface area (Å²) in [5.74, 6) is 0.426. The Morgan fingerprint density at radius 1 is 1.33 bits per heavy atom. The van der Waals surface area contributed by atoms with Gasteiger partial charge in [-0.15, -0.1) is 0 Å². The van der Waals surface area contributed by atoms with Crippen molar-refractivity contribution in [1.82, 2.24) is 9.55 Å². The number of hydrogen-bond acceptors (Lipinski definition) is 4. The van der Waals surface area contributed by atoms with E-state index in [0.717, 1.165) is 17.0 Å². The Kier molecular flexibility index (Phi) is 6.46. The number of methoxy groups -OCH3 is 1. The van der Waals surface area contributed by atoms with Gasteiger partial charge in [0.15, 0.2) is 5.69 Å². The highest BCUT2D eigenvalue weighted by atomic mass is 16.5. The zero-order valence-corrected chi connectivity index (χ0v) is 13.2. The largest absolute Gasteiger partial charge is 0.496 e. The molecule has 1 heterocycles. The second-order valence-electron chi connectivity index (χ2n) is 4.02. The Bertz CT molecular complexity index is 591. The second-order valence-corrected chi connectivity index (χ2v) is 4.02. The monoisotopic (exact) mass is 290 g/mol. The van der Waals surface area contributed by atoms with Crippen molar-refractivity contribution >= 4 is 5.97 Å². The average molecular weight is 290 g/mol. The number of esters is 1. The van der Waals surface area contributed by atoms with Gasteiger partial charge in [0.1, 0.15) is 5.75 Å². The predicted molar refractivity (Wildman–Crippen MR) is 82.2 cm³/mol. The Morgan fingerprint density at radius 2 is 2.05 bits per heavy atom. The maximum Gasteiger partial charge on any atom is 0.356 e. The minimum atomic E-state index is -0.381. The number of ether oxygens (including phenoxy) is 2. The summed E-state index contributed by atoms with van der Waals surface area (Å²) in [5.41, 5.74) is 2.24. The molecule has 2 aromatic rings. The number of rotatable bonds is 4. The lowest BCUT2D eigenvalue weighted by molar-refractivity contribution is 0.0517. The lowest BCUT2D eigenvalue weighted by atomic mass is 10.2. The SMILES string of the molecule is CC.CCOC(=O)c1cncn1-c1ccc(OC)c(C)c1. The molecule has 0 saturated carbocycles. The Labute approximate surface area is 125 Å². The fraction of sp³-hybridized carbons (Fsp3) is 0.375. The van der Waals surface area contributed by atoms with Crippen molar-refractivity contribution in [3.63, 3.8) is 0 Å². The summed E-state index contributed by atoms with van der Waals surface area (Å²) >= 11 is 0. The van der Waals surface area contributed by atoms with Gasteiger partial charge < -0.3 is 9.47 Å². The molecule has 0 amide bonds. The first-order chi connectivity index (χ1) is 10.2. The molecule has 5 nitrogen and oxygen atoms in total. The van der Waals surface area contributed by atoms with E-state index in [1.807, 2.05) is 39.0 Å². The van der Waals surface area contributed by atoms with Crippen molar-refractivity contribution in [2.45, 2.75) is 27.7 Å². The molecule has 5 heteroatoms. The van der Waals surface area contributed by atoms with Gasteiger partial charge in [0.2, 0.25) is 0 Å². The average Bonchev–Trinajstić information content (AvgIpc) is 2.99. The van der Waals surface area contributed by atoms with Gasteiger partial charge in [0, 0.05) is 5.69 Å². The van der Waals surface area contributed by atoms with Gasteiger partial charge >= 0.3 is 5.97 Å². The summed E-state index contributed by atoms with van der Waals surface area (Å²) < 4.78 is 11.9. The molecule has 0 aliphatic carbocycles. The van der Waals surface area contributed by atoms with Crippen molar-refractivity contribution in [3.05, 3.63) is 42.0 Å². The molecule has 0 aliphatic heterocycles. The van der Waals surface area contributed by atoms with Gasteiger partial charge in [-0.3, -0.25) is 4.57 Å². The molecule has 114 valence electrons. The lowest BCUT2D eigenvalue weighted by Gasteiger charge is -2.10. The highest BCUT2D eigenvalue weighted by molar-refractivity contribution is 5.88. The number of hydrogen-bond donors (Lipinski definition) is 0. The summed E-state index contributed by atoms with van der Waals surface area (Å²) in [5, 5.41) is 0. The maximum atomic E-state index is 11.8. The number of aromatic nitrogens is 2. The highest BCUT2D eigenvalue weighted by Crippen LogP contribution is 2.21. The molecule has 0 atom stereocenters. The molecular weight excluding hydrogens is 268 g/mol. The zero-order chi connectivity index (χ0) is 15.8. The van der Waals surface area contributed by atoms with E-state index in [1.54, 1.807) is 24.9 Å². The molecule has 0 saturated heterocycles. The third-order valence-electron chi connectivity index (χ3n) is 2.78. The first-order valence-corrected chi connectivity index (χ1v) is 7.01. The minimum absolute atomic E-state index is 0.339. The maximum absolute atomic E-state index is 11.8. The van der Waals surface area contributed by atoms with Crippen LogP contribution < -0.4 is 4.74 Å². The quantitative estimate of drug-likeness (QED) is 0.810. The van der Waals surface area contributed by atoms with Crippen LogP contribution in [0.4, 0.5) is 0 Å². The summed E-state index contributed by atoms with van der Waals surface area (Å²) in [7, 11) is 1.63. The molecule has 0 unspecified atom stereocenters. The van der Waals surface area contributed by atoms with Crippen molar-refractivity contribution < 1.29 is 14.3 Å². The van der Waals surface area contributed by atoms with Crippen LogP contribution >= 0.6 is 0 Å². The molecule has 0 bridgehead atoms. The highest BCUT2D eigenvalue weighted by Gasteiger charge is 2.14. The van der Waals surface area contributed by atoms with Crippen LogP contribution in [-0.4, -0.2) is 29.2 Å². The van der Waals surface area contributed by atoms with Crippen LogP contribution in [0.25, 0.3) is 5.69 Å². The van der Waals surface area contributed by atoms with Gasteiger partial charge in [-0.05, 0) is 37.6 Å². The number of aryl methyl sites for hydroxylation is 1. The Morgan fingerprint density at radius 3 is 2.62 bits per heavy atom. The van der Waals surface area contributed by atoms with Crippen LogP contribution in [0.5, 0.6) is 5.75 Å². The molecule has 0 spiro atoms. The van der Waals surface area contributed by atoms with Crippen LogP contribution in [0.3, 0.4) is 0 Å². The van der Waals surface area contributed by atoms with Crippen molar-refractivity contribution in [2.24, 2.45) is 0 Å². The Hall–Kier alpha value is -2.30. The van der Waals surface area contributed by atoms with E-state index in [0.29, 0.717) is 12.3 Å². The summed E-state index contributed by atoms with van der Waals surface area (Å²) in [6, 6.07) is 5.67. The van der Waals surface area contributed by atoms with Crippen molar-refractivity contribution in [1.29, 1.82) is 0 Å². The standard InChI is InChI=1S/C14H16N2O3.C2H6/c1-4-19-14(17)12-8-15-9-16(12)11-5-6-13(18-3)10(2)7-11;1-2/h5-9H,4H2,1-3H3;1-2H3. The zero-order valence-electron chi connectivity index (χ0n) is 13.2. The van der Waals surface area contributed by atoms with Crippen molar-refractivity contribution in [3.8, 4) is 11.4 Å². The molecule has 21 heavy (non-hydrogen) atoms. The van der Waals surface area contributed by atoms with Crippen molar-refractivity contribution in [2.75, 3.05) is 13.7 Å². The summed E-state index contributed by atoms with van der Waals surface area (Å²) in [6.45, 7) is 8.06. The third-order valence-corrected chi connectivity index (χ3v) is 2.78. The molecule has 0 fully saturated rings. The van der Waals surface area contributed by atoms with Crippen LogP contribution in [-0.2, 0) is 4.74 Å². The molecule has 0 radical (unpaired) electrons. The van der Waals surface area contributed by atoms with E-state index in [9.17, 15) is 4.79 Å². The van der Waals surface area contributed by atoms with E-state index in [1.165, 1.54) is 6.20 Å². The van der Waals surface area contributed by atoms with Crippen LogP contribution in [0.15, 0.2) is 30.7 Å². The fourth-order valence-electron chi connectivity index (χ4n) is 1.87. The minimum Gasteiger partial charge on any atom is -0.496 e. The molecule has 1 aromatic carbocycles. The molecular formula is C16H22N2O3. The number of carbonyl (C=O) groups excluding carboxylic acids is 1. The summed E-state index contributed by atoms with van der Waals surface area (Å²) in [4.78, 5) is 15.8. The van der Waals surface area contributed by atoms with E-state index in [2.05, 4.69) is 4.98 Å². The van der Waals surface area contributed by atoms with Gasteiger partial charge in [0.25, 0.3) is 0 Å². The van der Waals surface area contributed by atoms with Crippen LogP contribution in [0, 0.1) is 6.92 Å². The van der Waals surface area contributed by atoms with E-state index in [-0.39, 0.29) is 5.97 Å². The van der Waals surface area contributed by atoms with E-state index >= 15 is 0 Å². The van der Waals surface area contributed by atoms with Gasteiger partial charge in [-0.25, -0.2) is 9.78 Å². The Balaban J connectivity index is 0.00000106. The lowest BCUT2D eigenvalue weighted by Crippen LogP contribution is -2.10. The van der Waals surface area contributed by atoms with Crippen LogP contribution in [0.1, 0.15) is 36.8 Å². The fourth-order valence-corrected chi connectivity index (χ4v) is 1.87. The molecule has 0 N–H and O–H groups in total. The van der Waals surface area contributed by atoms with Gasteiger partial charge in [-0.1, -0.05) is 13.8 Å². The van der Waals surface area contributed by atoms with Crippen LogP contribution in [0.2, 0.25) is 0 Å². The smallest absolute Gasteiger partial charge is 0.356 e. The number of imidazole rings is 1. The van der Waals surface area contributed by atoms with E-state index in [4.69, 9.17) is 9.47 Å². The van der Waals surface area contributed by atoms with Gasteiger partial charge in [0.05, 0.1) is 26.2 Å². The van der Waals surface area contributed by atoms with Gasteiger partial charge in [-0.2, -0.15) is 0 Å².